The molecule has 2 heteroatoms. The fourth-order valence-electron chi connectivity index (χ4n) is 2.12. The fourth-order valence-corrected chi connectivity index (χ4v) is 2.69. The summed E-state index contributed by atoms with van der Waals surface area (Å²) < 4.78 is 1.23. The van der Waals surface area contributed by atoms with Gasteiger partial charge in [-0.3, -0.25) is 0 Å². The molecule has 0 saturated carbocycles. The number of nitrogens with two attached hydrogens (primary N) is 1. The minimum atomic E-state index is -0.0310. The van der Waals surface area contributed by atoms with Crippen molar-refractivity contribution in [1.82, 2.24) is 0 Å². The molecule has 1 nitrogen and oxygen atoms in total. The van der Waals surface area contributed by atoms with Gasteiger partial charge in [0, 0.05) is 3.57 Å². The Morgan fingerprint density at radius 3 is 2.39 bits per heavy atom. The van der Waals surface area contributed by atoms with Crippen LogP contribution in [0.5, 0.6) is 0 Å². The van der Waals surface area contributed by atoms with Crippen LogP contribution < -0.4 is 5.73 Å². The summed E-state index contributed by atoms with van der Waals surface area (Å²) in [5.74, 6) is 0. The van der Waals surface area contributed by atoms with E-state index in [1.165, 1.54) is 26.7 Å². The van der Waals surface area contributed by atoms with Crippen LogP contribution >= 0.6 is 22.6 Å². The molecule has 0 heterocycles. The van der Waals surface area contributed by atoms with E-state index < -0.39 is 0 Å². The largest absolute Gasteiger partial charge is 0.320 e. The second-order valence-electron chi connectivity index (χ2n) is 4.53. The second-order valence-corrected chi connectivity index (χ2v) is 5.77. The molecular weight excluding hydrogens is 333 g/mol. The Morgan fingerprint density at radius 2 is 1.72 bits per heavy atom. The van der Waals surface area contributed by atoms with E-state index in [0.29, 0.717) is 0 Å². The molecule has 0 aliphatic heterocycles. The molecule has 2 aromatic carbocycles. The highest BCUT2D eigenvalue weighted by atomic mass is 127. The van der Waals surface area contributed by atoms with Crippen molar-refractivity contribution < 1.29 is 0 Å². The highest BCUT2D eigenvalue weighted by Gasteiger charge is 2.09. The van der Waals surface area contributed by atoms with Crippen LogP contribution in [0, 0.1) is 3.57 Å². The minimum absolute atomic E-state index is 0.0310. The number of hydrogen-bond acceptors (Lipinski definition) is 1. The molecule has 1 unspecified atom stereocenters. The maximum atomic E-state index is 6.35. The normalized spacial score (nSPS) is 12.4. The van der Waals surface area contributed by atoms with E-state index in [4.69, 9.17) is 5.73 Å². The van der Waals surface area contributed by atoms with Gasteiger partial charge < -0.3 is 5.73 Å². The molecule has 0 aliphatic carbocycles. The minimum Gasteiger partial charge on any atom is -0.320 e. The quantitative estimate of drug-likeness (QED) is 0.817. The summed E-state index contributed by atoms with van der Waals surface area (Å²) in [5.41, 5.74) is 10.1. The molecule has 0 aromatic heterocycles. The zero-order valence-corrected chi connectivity index (χ0v) is 12.7. The van der Waals surface area contributed by atoms with E-state index in [-0.39, 0.29) is 6.04 Å². The third-order valence-corrected chi connectivity index (χ3v) is 3.73. The van der Waals surface area contributed by atoms with Crippen LogP contribution in [-0.2, 0) is 6.42 Å². The number of hydrogen-bond donors (Lipinski definition) is 1. The molecule has 94 valence electrons. The zero-order chi connectivity index (χ0) is 13.0. The monoisotopic (exact) mass is 351 g/mol. The van der Waals surface area contributed by atoms with Gasteiger partial charge in [-0.15, -0.1) is 0 Å². The number of rotatable bonds is 4. The predicted molar refractivity (Wildman–Crippen MR) is 85.6 cm³/mol. The first-order valence-corrected chi connectivity index (χ1v) is 7.38. The van der Waals surface area contributed by atoms with Gasteiger partial charge in [0.15, 0.2) is 0 Å². The summed E-state index contributed by atoms with van der Waals surface area (Å²) in [6.45, 7) is 2.20. The van der Waals surface area contributed by atoms with Crippen LogP contribution in [0.15, 0.2) is 48.5 Å². The smallest absolute Gasteiger partial charge is 0.0552 e. The van der Waals surface area contributed by atoms with Crippen LogP contribution in [0.1, 0.15) is 36.1 Å². The van der Waals surface area contributed by atoms with E-state index in [0.717, 1.165) is 6.42 Å². The van der Waals surface area contributed by atoms with Crippen molar-refractivity contribution >= 4 is 22.6 Å². The first-order valence-electron chi connectivity index (χ1n) is 6.30. The van der Waals surface area contributed by atoms with Gasteiger partial charge in [-0.25, -0.2) is 0 Å². The Hall–Kier alpha value is -0.870. The first kappa shape index (κ1) is 13.6. The average Bonchev–Trinajstić information content (AvgIpc) is 2.39. The molecule has 0 amide bonds. The van der Waals surface area contributed by atoms with Crippen molar-refractivity contribution in [2.24, 2.45) is 5.73 Å². The lowest BCUT2D eigenvalue weighted by Crippen LogP contribution is -2.12. The van der Waals surface area contributed by atoms with Gasteiger partial charge in [0.2, 0.25) is 0 Å². The predicted octanol–water partition coefficient (Wildman–Crippen LogP) is 4.29. The Bertz CT molecular complexity index is 522. The molecule has 0 bridgehead atoms. The van der Waals surface area contributed by atoms with Gasteiger partial charge in [0.25, 0.3) is 0 Å². The van der Waals surface area contributed by atoms with Gasteiger partial charge in [-0.05, 0) is 57.8 Å². The van der Waals surface area contributed by atoms with Gasteiger partial charge in [-0.1, -0.05) is 49.7 Å². The molecule has 0 spiro atoms. The molecule has 0 radical (unpaired) electrons. The highest BCUT2D eigenvalue weighted by molar-refractivity contribution is 14.1. The van der Waals surface area contributed by atoms with Gasteiger partial charge in [0.05, 0.1) is 6.04 Å². The molecule has 0 fully saturated rings. The maximum absolute atomic E-state index is 6.35. The van der Waals surface area contributed by atoms with Crippen LogP contribution in [0.3, 0.4) is 0 Å². The maximum Gasteiger partial charge on any atom is 0.0552 e. The lowest BCUT2D eigenvalue weighted by atomic mass is 9.97. The Balaban J connectivity index is 2.27. The van der Waals surface area contributed by atoms with Crippen molar-refractivity contribution in [2.45, 2.75) is 25.8 Å². The summed E-state index contributed by atoms with van der Waals surface area (Å²) in [4.78, 5) is 0. The summed E-state index contributed by atoms with van der Waals surface area (Å²) >= 11 is 2.32. The third-order valence-electron chi connectivity index (χ3n) is 3.06. The third kappa shape index (κ3) is 3.33. The van der Waals surface area contributed by atoms with E-state index in [1.807, 2.05) is 0 Å². The average molecular weight is 351 g/mol. The highest BCUT2D eigenvalue weighted by Crippen LogP contribution is 2.22. The second kappa shape index (κ2) is 6.34. The van der Waals surface area contributed by atoms with E-state index >= 15 is 0 Å². The molecule has 1 atom stereocenters. The van der Waals surface area contributed by atoms with Crippen molar-refractivity contribution in [3.05, 3.63) is 68.8 Å². The number of halogens is 1. The molecule has 18 heavy (non-hydrogen) atoms. The topological polar surface area (TPSA) is 26.0 Å². The molecular formula is C16H18IN. The zero-order valence-electron chi connectivity index (χ0n) is 10.6. The molecule has 0 aliphatic rings. The SMILES string of the molecule is CCCc1cccc(C(N)c2cccc(I)c2)c1. The van der Waals surface area contributed by atoms with E-state index in [9.17, 15) is 0 Å². The Morgan fingerprint density at radius 1 is 1.06 bits per heavy atom. The van der Waals surface area contributed by atoms with Crippen LogP contribution in [0.25, 0.3) is 0 Å². The van der Waals surface area contributed by atoms with Crippen molar-refractivity contribution in [3.8, 4) is 0 Å². The van der Waals surface area contributed by atoms with Crippen molar-refractivity contribution in [3.63, 3.8) is 0 Å². The van der Waals surface area contributed by atoms with Crippen LogP contribution in [0.4, 0.5) is 0 Å². The van der Waals surface area contributed by atoms with Gasteiger partial charge in [-0.2, -0.15) is 0 Å². The van der Waals surface area contributed by atoms with Gasteiger partial charge in [0.1, 0.15) is 0 Å². The lowest BCUT2D eigenvalue weighted by Gasteiger charge is -2.14. The lowest BCUT2D eigenvalue weighted by molar-refractivity contribution is 0.858. The summed E-state index contributed by atoms with van der Waals surface area (Å²) in [5, 5.41) is 0. The summed E-state index contributed by atoms with van der Waals surface area (Å²) in [6.07, 6.45) is 2.29. The van der Waals surface area contributed by atoms with E-state index in [2.05, 4.69) is 78.0 Å². The number of aryl methyl sites for hydroxylation is 1. The fraction of sp³-hybridized carbons (Fsp3) is 0.250. The summed E-state index contributed by atoms with van der Waals surface area (Å²) in [6, 6.07) is 17.0. The Labute approximate surface area is 123 Å². The van der Waals surface area contributed by atoms with Crippen LogP contribution in [0.2, 0.25) is 0 Å². The number of benzene rings is 2. The molecule has 2 rings (SSSR count). The standard InChI is InChI=1S/C16H18IN/c1-2-5-12-6-3-7-13(10-12)16(18)14-8-4-9-15(17)11-14/h3-4,6-11,16H,2,5,18H2,1H3. The van der Waals surface area contributed by atoms with E-state index in [1.54, 1.807) is 0 Å². The molecule has 2 N–H and O–H groups in total. The van der Waals surface area contributed by atoms with Crippen molar-refractivity contribution in [1.29, 1.82) is 0 Å². The van der Waals surface area contributed by atoms with Crippen molar-refractivity contribution in [2.75, 3.05) is 0 Å². The first-order chi connectivity index (χ1) is 8.70. The Kier molecular flexibility index (Phi) is 4.78. The van der Waals surface area contributed by atoms with Crippen LogP contribution in [-0.4, -0.2) is 0 Å². The summed E-state index contributed by atoms with van der Waals surface area (Å²) in [7, 11) is 0. The van der Waals surface area contributed by atoms with Gasteiger partial charge >= 0.3 is 0 Å². The molecule has 0 saturated heterocycles. The molecule has 2 aromatic rings.